The normalized spacial score (nSPS) is 22.2. The van der Waals surface area contributed by atoms with Crippen molar-refractivity contribution in [2.45, 2.75) is 50.9 Å². The molecule has 6 nitrogen and oxygen atoms in total. The number of β-amino-alcohol motifs (C(OH)–C–C–N with tert-alkyl or cyclic N) is 1. The highest BCUT2D eigenvalue weighted by Gasteiger charge is 2.29. The fourth-order valence-electron chi connectivity index (χ4n) is 3.12. The second kappa shape index (κ2) is 7.67. The third kappa shape index (κ3) is 4.03. The minimum atomic E-state index is -0.787. The molecule has 1 fully saturated rings. The van der Waals surface area contributed by atoms with Crippen molar-refractivity contribution in [3.63, 3.8) is 0 Å². The molecule has 3 atom stereocenters. The van der Waals surface area contributed by atoms with Gasteiger partial charge in [-0.1, -0.05) is 25.5 Å². The average Bonchev–Trinajstić information content (AvgIpc) is 2.54. The third-order valence-corrected chi connectivity index (χ3v) is 4.40. The van der Waals surface area contributed by atoms with E-state index in [1.807, 2.05) is 6.92 Å². The maximum absolute atomic E-state index is 10.8. The maximum Gasteiger partial charge on any atom is 0.269 e. The van der Waals surface area contributed by atoms with Crippen LogP contribution in [-0.2, 0) is 0 Å². The minimum Gasteiger partial charge on any atom is -0.392 e. The van der Waals surface area contributed by atoms with Crippen molar-refractivity contribution in [2.24, 2.45) is 0 Å². The van der Waals surface area contributed by atoms with Gasteiger partial charge < -0.3 is 10.2 Å². The molecule has 2 rings (SSSR count). The van der Waals surface area contributed by atoms with Gasteiger partial charge >= 0.3 is 0 Å². The molecule has 122 valence electrons. The number of nitro groups is 1. The molecule has 0 aromatic heterocycles. The minimum absolute atomic E-state index is 0.0136. The maximum atomic E-state index is 10.8. The molecule has 1 aliphatic rings. The molecule has 0 saturated carbocycles. The zero-order valence-corrected chi connectivity index (χ0v) is 12.9. The molecule has 1 aromatic carbocycles. The molecular weight excluding hydrogens is 284 g/mol. The van der Waals surface area contributed by atoms with Crippen LogP contribution >= 0.6 is 0 Å². The highest BCUT2D eigenvalue weighted by atomic mass is 16.6. The lowest BCUT2D eigenvalue weighted by atomic mass is 9.95. The van der Waals surface area contributed by atoms with Crippen LogP contribution in [0.1, 0.15) is 44.3 Å². The second-order valence-corrected chi connectivity index (χ2v) is 5.90. The Morgan fingerprint density at radius 3 is 2.86 bits per heavy atom. The summed E-state index contributed by atoms with van der Waals surface area (Å²) in [4.78, 5) is 12.5. The van der Waals surface area contributed by atoms with Crippen molar-refractivity contribution < 1.29 is 15.1 Å². The Kier molecular flexibility index (Phi) is 5.88. The summed E-state index contributed by atoms with van der Waals surface area (Å²) in [7, 11) is 0. The summed E-state index contributed by atoms with van der Waals surface area (Å²) >= 11 is 0. The summed E-state index contributed by atoms with van der Waals surface area (Å²) in [5.74, 6) is 0. The Labute approximate surface area is 130 Å². The number of non-ortho nitro benzene ring substituents is 1. The monoisotopic (exact) mass is 308 g/mol. The van der Waals surface area contributed by atoms with Gasteiger partial charge in [-0.05, 0) is 31.4 Å². The molecule has 0 radical (unpaired) electrons. The predicted octanol–water partition coefficient (Wildman–Crippen LogP) is 2.25. The first-order valence-corrected chi connectivity index (χ1v) is 7.87. The van der Waals surface area contributed by atoms with Crippen molar-refractivity contribution in [1.82, 2.24) is 4.90 Å². The molecule has 0 bridgehead atoms. The summed E-state index contributed by atoms with van der Waals surface area (Å²) in [6.07, 6.45) is 2.58. The number of aliphatic hydroxyl groups excluding tert-OH is 2. The van der Waals surface area contributed by atoms with E-state index in [4.69, 9.17) is 0 Å². The molecule has 1 aromatic rings. The van der Waals surface area contributed by atoms with Crippen LogP contribution in [0.2, 0.25) is 0 Å². The number of likely N-dealkylation sites (tertiary alicyclic amines) is 1. The highest BCUT2D eigenvalue weighted by molar-refractivity contribution is 5.35. The van der Waals surface area contributed by atoms with Gasteiger partial charge in [0.05, 0.1) is 17.1 Å². The number of benzene rings is 1. The quantitative estimate of drug-likeness (QED) is 0.622. The molecule has 6 heteroatoms. The molecule has 2 N–H and O–H groups in total. The van der Waals surface area contributed by atoms with Crippen LogP contribution in [0.15, 0.2) is 24.3 Å². The third-order valence-electron chi connectivity index (χ3n) is 4.40. The molecule has 1 heterocycles. The zero-order chi connectivity index (χ0) is 16.1. The lowest BCUT2D eigenvalue weighted by Gasteiger charge is -2.39. The highest BCUT2D eigenvalue weighted by Crippen LogP contribution is 2.26. The number of nitro benzene ring substituents is 1. The van der Waals surface area contributed by atoms with Crippen LogP contribution in [-0.4, -0.2) is 45.3 Å². The van der Waals surface area contributed by atoms with Gasteiger partial charge in [-0.2, -0.15) is 0 Å². The Hall–Kier alpha value is -1.50. The van der Waals surface area contributed by atoms with Crippen molar-refractivity contribution in [1.29, 1.82) is 0 Å². The van der Waals surface area contributed by atoms with Crippen molar-refractivity contribution in [3.05, 3.63) is 39.9 Å². The molecule has 22 heavy (non-hydrogen) atoms. The summed E-state index contributed by atoms with van der Waals surface area (Å²) in [6, 6.07) is 6.19. The van der Waals surface area contributed by atoms with Crippen LogP contribution in [0.4, 0.5) is 5.69 Å². The number of nitrogens with zero attached hydrogens (tertiary/aromatic N) is 2. The Morgan fingerprint density at radius 2 is 2.18 bits per heavy atom. The number of hydrogen-bond donors (Lipinski definition) is 2. The Bertz CT molecular complexity index is 509. The van der Waals surface area contributed by atoms with E-state index in [1.54, 1.807) is 12.1 Å². The average molecular weight is 308 g/mol. The molecule has 1 saturated heterocycles. The van der Waals surface area contributed by atoms with Gasteiger partial charge in [-0.25, -0.2) is 0 Å². The van der Waals surface area contributed by atoms with E-state index in [1.165, 1.54) is 12.1 Å². The van der Waals surface area contributed by atoms with Crippen molar-refractivity contribution >= 4 is 5.69 Å². The zero-order valence-electron chi connectivity index (χ0n) is 12.9. The van der Waals surface area contributed by atoms with Crippen LogP contribution in [0.25, 0.3) is 0 Å². The van der Waals surface area contributed by atoms with E-state index < -0.39 is 17.1 Å². The van der Waals surface area contributed by atoms with Gasteiger partial charge in [0.15, 0.2) is 0 Å². The van der Waals surface area contributed by atoms with Gasteiger partial charge in [-0.15, -0.1) is 0 Å². The first-order chi connectivity index (χ1) is 10.5. The molecular formula is C16H24N2O4. The van der Waals surface area contributed by atoms with E-state index in [0.717, 1.165) is 25.8 Å². The second-order valence-electron chi connectivity index (χ2n) is 5.90. The van der Waals surface area contributed by atoms with Gasteiger partial charge in [0.2, 0.25) is 0 Å². The first-order valence-electron chi connectivity index (χ1n) is 7.87. The van der Waals surface area contributed by atoms with Gasteiger partial charge in [0, 0.05) is 24.7 Å². The summed E-state index contributed by atoms with van der Waals surface area (Å²) in [5, 5.41) is 31.4. The lowest BCUT2D eigenvalue weighted by Crippen LogP contribution is -2.48. The van der Waals surface area contributed by atoms with Crippen LogP contribution in [0.3, 0.4) is 0 Å². The van der Waals surface area contributed by atoms with E-state index in [2.05, 4.69) is 4.90 Å². The first kappa shape index (κ1) is 16.9. The number of rotatable bonds is 6. The number of hydrogen-bond acceptors (Lipinski definition) is 5. The topological polar surface area (TPSA) is 86.8 Å². The summed E-state index contributed by atoms with van der Waals surface area (Å²) in [6.45, 7) is 3.19. The largest absolute Gasteiger partial charge is 0.392 e. The van der Waals surface area contributed by atoms with Gasteiger partial charge in [0.25, 0.3) is 5.69 Å². The molecule has 0 aliphatic carbocycles. The lowest BCUT2D eigenvalue weighted by molar-refractivity contribution is -0.385. The van der Waals surface area contributed by atoms with E-state index in [9.17, 15) is 20.3 Å². The predicted molar refractivity (Wildman–Crippen MR) is 83.6 cm³/mol. The fourth-order valence-corrected chi connectivity index (χ4v) is 3.12. The van der Waals surface area contributed by atoms with Crippen molar-refractivity contribution in [2.75, 3.05) is 13.1 Å². The fraction of sp³-hybridized carbons (Fsp3) is 0.625. The molecule has 0 spiro atoms. The standard InChI is InChI=1S/C16H24N2O4/c1-2-15(19)14-8-3-4-9-17(14)11-16(20)12-6-5-7-13(10-12)18(21)22/h5-7,10,14-16,19-20H,2-4,8-9,11H2,1H3. The Balaban J connectivity index is 2.07. The number of piperidine rings is 1. The summed E-state index contributed by atoms with van der Waals surface area (Å²) in [5.41, 5.74) is 0.532. The van der Waals surface area contributed by atoms with Crippen molar-refractivity contribution in [3.8, 4) is 0 Å². The van der Waals surface area contributed by atoms with Gasteiger partial charge in [-0.3, -0.25) is 15.0 Å². The number of aliphatic hydroxyl groups is 2. The summed E-state index contributed by atoms with van der Waals surface area (Å²) < 4.78 is 0. The van der Waals surface area contributed by atoms with E-state index in [0.29, 0.717) is 18.5 Å². The van der Waals surface area contributed by atoms with Crippen LogP contribution in [0, 0.1) is 10.1 Å². The Morgan fingerprint density at radius 1 is 1.41 bits per heavy atom. The molecule has 3 unspecified atom stereocenters. The van der Waals surface area contributed by atoms with Crippen LogP contribution in [0.5, 0.6) is 0 Å². The van der Waals surface area contributed by atoms with E-state index >= 15 is 0 Å². The molecule has 1 aliphatic heterocycles. The smallest absolute Gasteiger partial charge is 0.269 e. The van der Waals surface area contributed by atoms with Crippen LogP contribution < -0.4 is 0 Å². The molecule has 0 amide bonds. The van der Waals surface area contributed by atoms with E-state index in [-0.39, 0.29) is 11.7 Å². The SMILES string of the molecule is CCC(O)C1CCCCN1CC(O)c1cccc([N+](=O)[O-])c1. The van der Waals surface area contributed by atoms with Gasteiger partial charge in [0.1, 0.15) is 0 Å².